The third kappa shape index (κ3) is 1.44. The number of aliphatic hydroxyl groups excluding tert-OH is 3. The Morgan fingerprint density at radius 2 is 1.79 bits per heavy atom. The highest BCUT2D eigenvalue weighted by Crippen LogP contribution is 2.65. The molecule has 7 atom stereocenters. The quantitative estimate of drug-likeness (QED) is 0.667. The second-order valence-electron chi connectivity index (χ2n) is 7.41. The van der Waals surface area contributed by atoms with Crippen LogP contribution in [-0.2, 0) is 4.74 Å². The summed E-state index contributed by atoms with van der Waals surface area (Å²) < 4.78 is 6.35. The second-order valence-corrected chi connectivity index (χ2v) is 7.41. The van der Waals surface area contributed by atoms with E-state index in [1.807, 2.05) is 13.8 Å². The van der Waals surface area contributed by atoms with Crippen LogP contribution in [0.4, 0.5) is 0 Å². The van der Waals surface area contributed by atoms with Crippen LogP contribution >= 0.6 is 0 Å². The van der Waals surface area contributed by atoms with Gasteiger partial charge in [-0.2, -0.15) is 0 Å². The highest BCUT2D eigenvalue weighted by atomic mass is 16.6. The van der Waals surface area contributed by atoms with E-state index >= 15 is 0 Å². The molecule has 1 spiro atoms. The Hall–Kier alpha value is -0.160. The van der Waals surface area contributed by atoms with Gasteiger partial charge in [0, 0.05) is 11.8 Å². The van der Waals surface area contributed by atoms with Crippen molar-refractivity contribution in [1.29, 1.82) is 0 Å². The molecule has 0 aromatic heterocycles. The van der Waals surface area contributed by atoms with Gasteiger partial charge in [0.25, 0.3) is 0 Å². The molecule has 3 rings (SSSR count). The number of ether oxygens (including phenoxy) is 1. The Labute approximate surface area is 114 Å². The van der Waals surface area contributed by atoms with Crippen molar-refractivity contribution in [3.63, 3.8) is 0 Å². The SMILES string of the molecule is C[C@H]1[C@H](O)CC[C@]2(C)CC[C@@H]3[C@H](O)[C@@]12O[C@]3(C)CO. The van der Waals surface area contributed by atoms with Gasteiger partial charge in [0.15, 0.2) is 0 Å². The van der Waals surface area contributed by atoms with Crippen molar-refractivity contribution in [3.05, 3.63) is 0 Å². The zero-order chi connectivity index (χ0) is 14.1. The lowest BCUT2D eigenvalue weighted by Crippen LogP contribution is -2.65. The minimum atomic E-state index is -0.703. The van der Waals surface area contributed by atoms with E-state index in [4.69, 9.17) is 4.74 Å². The van der Waals surface area contributed by atoms with Gasteiger partial charge in [-0.1, -0.05) is 13.8 Å². The fraction of sp³-hybridized carbons (Fsp3) is 1.00. The number of aliphatic hydroxyl groups is 3. The van der Waals surface area contributed by atoms with E-state index in [-0.39, 0.29) is 23.9 Å². The molecule has 19 heavy (non-hydrogen) atoms. The summed E-state index contributed by atoms with van der Waals surface area (Å²) in [6.45, 7) is 5.99. The Kier molecular flexibility index (Phi) is 2.86. The minimum absolute atomic E-state index is 0.0293. The lowest BCUT2D eigenvalue weighted by Gasteiger charge is -2.58. The molecule has 3 fully saturated rings. The molecular weight excluding hydrogens is 244 g/mol. The van der Waals surface area contributed by atoms with Gasteiger partial charge in [0.05, 0.1) is 24.4 Å². The highest BCUT2D eigenvalue weighted by molar-refractivity contribution is 5.21. The van der Waals surface area contributed by atoms with E-state index < -0.39 is 23.4 Å². The average molecular weight is 270 g/mol. The van der Waals surface area contributed by atoms with Crippen LogP contribution in [0.3, 0.4) is 0 Å². The van der Waals surface area contributed by atoms with Gasteiger partial charge in [0.1, 0.15) is 5.60 Å². The molecule has 0 aromatic carbocycles. The topological polar surface area (TPSA) is 69.9 Å². The first-order valence-corrected chi connectivity index (χ1v) is 7.48. The number of hydrogen-bond acceptors (Lipinski definition) is 4. The fourth-order valence-electron chi connectivity index (χ4n) is 5.15. The van der Waals surface area contributed by atoms with Crippen molar-refractivity contribution in [2.24, 2.45) is 17.3 Å². The van der Waals surface area contributed by atoms with E-state index in [1.165, 1.54) is 0 Å². The van der Waals surface area contributed by atoms with Crippen molar-refractivity contribution in [2.75, 3.05) is 6.61 Å². The van der Waals surface area contributed by atoms with Crippen LogP contribution in [0.25, 0.3) is 0 Å². The summed E-state index contributed by atoms with van der Waals surface area (Å²) in [6, 6.07) is 0. The van der Waals surface area contributed by atoms with Crippen LogP contribution in [0.2, 0.25) is 0 Å². The van der Waals surface area contributed by atoms with Crippen molar-refractivity contribution in [1.82, 2.24) is 0 Å². The maximum Gasteiger partial charge on any atom is 0.106 e. The van der Waals surface area contributed by atoms with Crippen LogP contribution in [0.5, 0.6) is 0 Å². The van der Waals surface area contributed by atoms with Gasteiger partial charge < -0.3 is 20.1 Å². The normalized spacial score (nSPS) is 60.9. The monoisotopic (exact) mass is 270 g/mol. The molecule has 3 N–H and O–H groups in total. The Morgan fingerprint density at radius 1 is 1.16 bits per heavy atom. The minimum Gasteiger partial charge on any atom is -0.393 e. The molecule has 4 heteroatoms. The third-order valence-corrected chi connectivity index (χ3v) is 6.52. The summed E-state index contributed by atoms with van der Waals surface area (Å²) in [5, 5.41) is 30.8. The van der Waals surface area contributed by atoms with E-state index in [0.29, 0.717) is 0 Å². The van der Waals surface area contributed by atoms with E-state index in [0.717, 1.165) is 25.7 Å². The summed E-state index contributed by atoms with van der Waals surface area (Å²) in [5.74, 6) is -0.129. The standard InChI is InChI=1S/C15H26O4/c1-9-11(17)5-7-13(2)6-4-10-12(18)15(9,13)19-14(10,3)8-16/h9-12,16-18H,4-8H2,1-3H3/t9-,10+,11+,12-,13-,14+,15-/m0/s1. The highest BCUT2D eigenvalue weighted by Gasteiger charge is 2.72. The molecule has 2 bridgehead atoms. The van der Waals surface area contributed by atoms with E-state index in [9.17, 15) is 15.3 Å². The molecule has 1 aliphatic heterocycles. The van der Waals surface area contributed by atoms with Gasteiger partial charge >= 0.3 is 0 Å². The zero-order valence-corrected chi connectivity index (χ0v) is 12.1. The molecule has 0 radical (unpaired) electrons. The number of rotatable bonds is 1. The molecule has 2 aliphatic carbocycles. The first-order valence-electron chi connectivity index (χ1n) is 7.48. The lowest BCUT2D eigenvalue weighted by atomic mass is 9.51. The summed E-state index contributed by atoms with van der Waals surface area (Å²) in [6.07, 6.45) is 2.52. The molecule has 0 unspecified atom stereocenters. The van der Waals surface area contributed by atoms with Gasteiger partial charge in [-0.25, -0.2) is 0 Å². The molecule has 2 saturated carbocycles. The van der Waals surface area contributed by atoms with Gasteiger partial charge in [-0.3, -0.25) is 0 Å². The van der Waals surface area contributed by atoms with Crippen molar-refractivity contribution < 1.29 is 20.1 Å². The maximum atomic E-state index is 10.9. The maximum absolute atomic E-state index is 10.9. The average Bonchev–Trinajstić information content (AvgIpc) is 2.54. The Balaban J connectivity index is 2.11. The molecule has 0 aromatic rings. The van der Waals surface area contributed by atoms with E-state index in [2.05, 4.69) is 6.92 Å². The summed E-state index contributed by atoms with van der Waals surface area (Å²) in [7, 11) is 0. The summed E-state index contributed by atoms with van der Waals surface area (Å²) in [5.41, 5.74) is -1.48. The lowest BCUT2D eigenvalue weighted by molar-refractivity contribution is -0.251. The molecule has 0 amide bonds. The number of fused-ring (bicyclic) bond motifs is 1. The largest absolute Gasteiger partial charge is 0.393 e. The first kappa shape index (κ1) is 13.8. The van der Waals surface area contributed by atoms with Gasteiger partial charge in [-0.05, 0) is 38.0 Å². The smallest absolute Gasteiger partial charge is 0.106 e. The van der Waals surface area contributed by atoms with Crippen LogP contribution in [0, 0.1) is 17.3 Å². The number of hydrogen-bond donors (Lipinski definition) is 3. The predicted octanol–water partition coefficient (Wildman–Crippen LogP) is 1.07. The molecule has 110 valence electrons. The van der Waals surface area contributed by atoms with Crippen LogP contribution in [0.15, 0.2) is 0 Å². The molecule has 1 heterocycles. The van der Waals surface area contributed by atoms with Crippen molar-refractivity contribution >= 4 is 0 Å². The van der Waals surface area contributed by atoms with E-state index in [1.54, 1.807) is 0 Å². The molecular formula is C15H26O4. The van der Waals surface area contributed by atoms with Gasteiger partial charge in [0.2, 0.25) is 0 Å². The fourth-order valence-corrected chi connectivity index (χ4v) is 5.15. The molecule has 4 nitrogen and oxygen atoms in total. The Bertz CT molecular complexity index is 386. The molecule has 3 aliphatic rings. The Morgan fingerprint density at radius 3 is 2.42 bits per heavy atom. The van der Waals surface area contributed by atoms with Crippen LogP contribution in [0.1, 0.15) is 46.5 Å². The summed E-state index contributed by atoms with van der Waals surface area (Å²) >= 11 is 0. The molecule has 1 saturated heterocycles. The first-order chi connectivity index (χ1) is 8.81. The summed E-state index contributed by atoms with van der Waals surface area (Å²) in [4.78, 5) is 0. The van der Waals surface area contributed by atoms with Crippen molar-refractivity contribution in [2.45, 2.75) is 69.9 Å². The van der Waals surface area contributed by atoms with Gasteiger partial charge in [-0.15, -0.1) is 0 Å². The second kappa shape index (κ2) is 3.94. The van der Waals surface area contributed by atoms with Crippen LogP contribution in [-0.4, -0.2) is 45.3 Å². The predicted molar refractivity (Wildman–Crippen MR) is 70.5 cm³/mol. The van der Waals surface area contributed by atoms with Crippen molar-refractivity contribution in [3.8, 4) is 0 Å². The van der Waals surface area contributed by atoms with Crippen LogP contribution < -0.4 is 0 Å². The third-order valence-electron chi connectivity index (χ3n) is 6.52. The zero-order valence-electron chi connectivity index (χ0n) is 12.1.